The Morgan fingerprint density at radius 1 is 0.778 bits per heavy atom. The van der Waals surface area contributed by atoms with E-state index in [0.717, 1.165) is 16.7 Å². The summed E-state index contributed by atoms with van der Waals surface area (Å²) in [6, 6.07) is 11.7. The Balaban J connectivity index is 2.46. The van der Waals surface area contributed by atoms with Crippen LogP contribution in [0.4, 0.5) is 0 Å². The van der Waals surface area contributed by atoms with Crippen molar-refractivity contribution in [1.29, 1.82) is 0 Å². The first-order chi connectivity index (χ1) is 8.50. The molecule has 0 amide bonds. The van der Waals surface area contributed by atoms with Crippen molar-refractivity contribution in [3.8, 4) is 0 Å². The summed E-state index contributed by atoms with van der Waals surface area (Å²) in [4.78, 5) is 12.4. The molecule has 92 valence electrons. The van der Waals surface area contributed by atoms with Crippen molar-refractivity contribution in [2.45, 2.75) is 27.7 Å². The third-order valence-electron chi connectivity index (χ3n) is 3.62. The van der Waals surface area contributed by atoms with Gasteiger partial charge in [-0.3, -0.25) is 4.79 Å². The molecule has 18 heavy (non-hydrogen) atoms. The fraction of sp³-hybridized carbons (Fsp3) is 0.235. The average Bonchev–Trinajstić information content (AvgIpc) is 2.36. The highest BCUT2D eigenvalue weighted by molar-refractivity contribution is 6.10. The van der Waals surface area contributed by atoms with Crippen LogP contribution < -0.4 is 0 Å². The smallest absolute Gasteiger partial charge is 0.193 e. The van der Waals surface area contributed by atoms with Crippen LogP contribution in [0.15, 0.2) is 36.4 Å². The number of hydrogen-bond acceptors (Lipinski definition) is 1. The molecular weight excluding hydrogens is 220 g/mol. The predicted molar refractivity (Wildman–Crippen MR) is 75.3 cm³/mol. The molecule has 0 atom stereocenters. The molecular formula is C17H18O. The van der Waals surface area contributed by atoms with Crippen molar-refractivity contribution in [2.24, 2.45) is 0 Å². The van der Waals surface area contributed by atoms with Crippen LogP contribution in [-0.2, 0) is 0 Å². The maximum absolute atomic E-state index is 12.4. The maximum Gasteiger partial charge on any atom is 0.193 e. The van der Waals surface area contributed by atoms with Crippen molar-refractivity contribution >= 4 is 5.78 Å². The molecule has 2 aromatic carbocycles. The van der Waals surface area contributed by atoms with E-state index in [2.05, 4.69) is 13.8 Å². The molecule has 0 radical (unpaired) electrons. The molecule has 0 fully saturated rings. The molecule has 0 N–H and O–H groups in total. The van der Waals surface area contributed by atoms with E-state index in [4.69, 9.17) is 0 Å². The molecule has 0 saturated heterocycles. The summed E-state index contributed by atoms with van der Waals surface area (Å²) in [6.45, 7) is 8.18. The fourth-order valence-electron chi connectivity index (χ4n) is 2.06. The van der Waals surface area contributed by atoms with Crippen LogP contribution >= 0.6 is 0 Å². The second-order valence-corrected chi connectivity index (χ2v) is 4.88. The first kappa shape index (κ1) is 12.6. The molecule has 1 heteroatoms. The van der Waals surface area contributed by atoms with Gasteiger partial charge in [-0.25, -0.2) is 0 Å². The lowest BCUT2D eigenvalue weighted by Crippen LogP contribution is -2.05. The Hall–Kier alpha value is -1.89. The molecule has 0 unspecified atom stereocenters. The molecule has 0 saturated carbocycles. The van der Waals surface area contributed by atoms with Crippen LogP contribution in [-0.4, -0.2) is 5.78 Å². The zero-order chi connectivity index (χ0) is 13.3. The Labute approximate surface area is 108 Å². The van der Waals surface area contributed by atoms with Crippen LogP contribution in [0, 0.1) is 27.7 Å². The van der Waals surface area contributed by atoms with Crippen molar-refractivity contribution in [3.63, 3.8) is 0 Å². The van der Waals surface area contributed by atoms with Gasteiger partial charge in [0.15, 0.2) is 5.78 Å². The van der Waals surface area contributed by atoms with Gasteiger partial charge in [0.05, 0.1) is 0 Å². The summed E-state index contributed by atoms with van der Waals surface area (Å²) in [5.74, 6) is 0.107. The second-order valence-electron chi connectivity index (χ2n) is 4.88. The number of carbonyl (C=O) groups is 1. The highest BCUT2D eigenvalue weighted by atomic mass is 16.1. The van der Waals surface area contributed by atoms with Gasteiger partial charge in [0.1, 0.15) is 0 Å². The quantitative estimate of drug-likeness (QED) is 0.718. The number of carbonyl (C=O) groups excluding carboxylic acids is 1. The van der Waals surface area contributed by atoms with Gasteiger partial charge < -0.3 is 0 Å². The summed E-state index contributed by atoms with van der Waals surface area (Å²) in [5.41, 5.74) is 6.25. The third kappa shape index (κ3) is 2.21. The van der Waals surface area contributed by atoms with Crippen LogP contribution in [0.1, 0.15) is 38.2 Å². The van der Waals surface area contributed by atoms with E-state index >= 15 is 0 Å². The van der Waals surface area contributed by atoms with Gasteiger partial charge in [0.2, 0.25) is 0 Å². The molecule has 0 heterocycles. The summed E-state index contributed by atoms with van der Waals surface area (Å²) in [5, 5.41) is 0. The molecule has 1 nitrogen and oxygen atoms in total. The topological polar surface area (TPSA) is 17.1 Å². The van der Waals surface area contributed by atoms with E-state index in [-0.39, 0.29) is 5.78 Å². The van der Waals surface area contributed by atoms with E-state index in [1.54, 1.807) is 0 Å². The lowest BCUT2D eigenvalue weighted by atomic mass is 9.93. The van der Waals surface area contributed by atoms with Crippen LogP contribution in [0.25, 0.3) is 0 Å². The van der Waals surface area contributed by atoms with E-state index in [9.17, 15) is 4.79 Å². The number of aryl methyl sites for hydroxylation is 2. The van der Waals surface area contributed by atoms with Gasteiger partial charge in [0.25, 0.3) is 0 Å². The Kier molecular flexibility index (Phi) is 3.33. The van der Waals surface area contributed by atoms with Gasteiger partial charge in [-0.15, -0.1) is 0 Å². The summed E-state index contributed by atoms with van der Waals surface area (Å²) >= 11 is 0. The van der Waals surface area contributed by atoms with Crippen LogP contribution in [0.3, 0.4) is 0 Å². The zero-order valence-corrected chi connectivity index (χ0v) is 11.4. The molecule has 0 aliphatic rings. The van der Waals surface area contributed by atoms with Crippen molar-refractivity contribution in [3.05, 3.63) is 69.8 Å². The van der Waals surface area contributed by atoms with Crippen LogP contribution in [0.5, 0.6) is 0 Å². The molecule has 0 aliphatic carbocycles. The van der Waals surface area contributed by atoms with Crippen LogP contribution in [0.2, 0.25) is 0 Å². The molecule has 2 rings (SSSR count). The van der Waals surface area contributed by atoms with E-state index in [1.807, 2.05) is 50.2 Å². The Morgan fingerprint density at radius 2 is 1.39 bits per heavy atom. The first-order valence-electron chi connectivity index (χ1n) is 6.19. The molecule has 0 aliphatic heterocycles. The minimum Gasteiger partial charge on any atom is -0.289 e. The van der Waals surface area contributed by atoms with E-state index < -0.39 is 0 Å². The second kappa shape index (κ2) is 4.77. The monoisotopic (exact) mass is 238 g/mol. The van der Waals surface area contributed by atoms with Crippen molar-refractivity contribution in [1.82, 2.24) is 0 Å². The van der Waals surface area contributed by atoms with E-state index in [1.165, 1.54) is 16.7 Å². The number of benzene rings is 2. The zero-order valence-electron chi connectivity index (χ0n) is 11.4. The normalized spacial score (nSPS) is 10.4. The Bertz CT molecular complexity index is 592. The maximum atomic E-state index is 12.4. The van der Waals surface area contributed by atoms with Gasteiger partial charge in [0, 0.05) is 11.1 Å². The largest absolute Gasteiger partial charge is 0.289 e. The first-order valence-corrected chi connectivity index (χ1v) is 6.19. The minimum absolute atomic E-state index is 0.107. The van der Waals surface area contributed by atoms with Gasteiger partial charge in [-0.1, -0.05) is 42.0 Å². The van der Waals surface area contributed by atoms with Crippen molar-refractivity contribution < 1.29 is 4.79 Å². The lowest BCUT2D eigenvalue weighted by molar-refractivity contribution is 0.103. The molecule has 0 spiro atoms. The fourth-order valence-corrected chi connectivity index (χ4v) is 2.06. The molecule has 2 aromatic rings. The highest BCUT2D eigenvalue weighted by Crippen LogP contribution is 2.20. The third-order valence-corrected chi connectivity index (χ3v) is 3.62. The average molecular weight is 238 g/mol. The van der Waals surface area contributed by atoms with Gasteiger partial charge in [-0.2, -0.15) is 0 Å². The van der Waals surface area contributed by atoms with Crippen molar-refractivity contribution in [2.75, 3.05) is 0 Å². The number of hydrogen-bond donors (Lipinski definition) is 0. The summed E-state index contributed by atoms with van der Waals surface area (Å²) < 4.78 is 0. The SMILES string of the molecule is Cc1ccc(C(=O)c2ccc(C)c(C)c2C)cc1. The number of rotatable bonds is 2. The number of ketones is 1. The Morgan fingerprint density at radius 3 is 2.00 bits per heavy atom. The van der Waals surface area contributed by atoms with Gasteiger partial charge >= 0.3 is 0 Å². The molecule has 0 bridgehead atoms. The summed E-state index contributed by atoms with van der Waals surface area (Å²) in [7, 11) is 0. The minimum atomic E-state index is 0.107. The summed E-state index contributed by atoms with van der Waals surface area (Å²) in [6.07, 6.45) is 0. The molecule has 0 aromatic heterocycles. The predicted octanol–water partition coefficient (Wildman–Crippen LogP) is 4.15. The lowest BCUT2D eigenvalue weighted by Gasteiger charge is -2.10. The van der Waals surface area contributed by atoms with Gasteiger partial charge in [-0.05, 0) is 44.4 Å². The highest BCUT2D eigenvalue weighted by Gasteiger charge is 2.13. The van der Waals surface area contributed by atoms with E-state index in [0.29, 0.717) is 0 Å². The standard InChI is InChI=1S/C17H18O/c1-11-5-8-15(9-6-11)17(18)16-10-7-12(2)13(3)14(16)4/h5-10H,1-4H3.